The number of carbonyl (C=O) groups is 3. The second-order valence-corrected chi connectivity index (χ2v) is 14.3. The van der Waals surface area contributed by atoms with Crippen molar-refractivity contribution in [2.24, 2.45) is 5.92 Å². The van der Waals surface area contributed by atoms with Gasteiger partial charge in [0.1, 0.15) is 6.10 Å². The van der Waals surface area contributed by atoms with E-state index in [1.807, 2.05) is 6.92 Å². The number of esters is 1. The summed E-state index contributed by atoms with van der Waals surface area (Å²) in [6, 6.07) is 0.780. The van der Waals surface area contributed by atoms with E-state index in [0.717, 1.165) is 63.5 Å². The number of nitrogens with one attached hydrogen (secondary N) is 2. The summed E-state index contributed by atoms with van der Waals surface area (Å²) in [7, 11) is 4.26. The minimum absolute atomic E-state index is 0.0564. The Labute approximate surface area is 275 Å². The van der Waals surface area contributed by atoms with Gasteiger partial charge in [0.2, 0.25) is 11.8 Å². The minimum Gasteiger partial charge on any atom is -0.459 e. The van der Waals surface area contributed by atoms with Gasteiger partial charge in [-0.3, -0.25) is 14.4 Å². The van der Waals surface area contributed by atoms with E-state index in [4.69, 9.17) is 18.9 Å². The lowest BCUT2D eigenvalue weighted by molar-refractivity contribution is -0.143. The summed E-state index contributed by atoms with van der Waals surface area (Å²) in [5, 5.41) is 6.30. The number of allylic oxidation sites excluding steroid dienone is 2. The highest BCUT2D eigenvalue weighted by molar-refractivity contribution is 5.87. The van der Waals surface area contributed by atoms with Gasteiger partial charge in [0.05, 0.1) is 49.1 Å². The molecule has 0 aromatic heterocycles. The quantitative estimate of drug-likeness (QED) is 0.139. The number of amides is 2. The van der Waals surface area contributed by atoms with Crippen LogP contribution in [0, 0.1) is 5.92 Å². The first kappa shape index (κ1) is 36.3. The van der Waals surface area contributed by atoms with Crippen LogP contribution in [0.5, 0.6) is 0 Å². The van der Waals surface area contributed by atoms with Crippen molar-refractivity contribution in [1.82, 2.24) is 15.5 Å². The molecule has 8 atom stereocenters. The third-order valence-electron chi connectivity index (χ3n) is 9.96. The summed E-state index contributed by atoms with van der Waals surface area (Å²) < 4.78 is 23.6. The van der Waals surface area contributed by atoms with Gasteiger partial charge in [0, 0.05) is 37.9 Å². The maximum absolute atomic E-state index is 12.9. The normalized spacial score (nSPS) is 35.8. The summed E-state index contributed by atoms with van der Waals surface area (Å²) >= 11 is 0. The molecule has 0 bridgehead atoms. The van der Waals surface area contributed by atoms with Crippen molar-refractivity contribution < 1.29 is 33.3 Å². The predicted molar refractivity (Wildman–Crippen MR) is 177 cm³/mol. The Bertz CT molecular complexity index is 1140. The number of ether oxygens (including phenoxy) is 4. The van der Waals surface area contributed by atoms with Crippen LogP contribution in [-0.4, -0.2) is 97.6 Å². The fraction of sp³-hybridized carbons (Fsp3) is 0.750. The topological polar surface area (TPSA) is 119 Å². The van der Waals surface area contributed by atoms with Crippen LogP contribution in [0.25, 0.3) is 0 Å². The fourth-order valence-electron chi connectivity index (χ4n) is 7.11. The molecule has 4 fully saturated rings. The zero-order valence-corrected chi connectivity index (χ0v) is 29.0. The Kier molecular flexibility index (Phi) is 13.0. The van der Waals surface area contributed by atoms with Crippen molar-refractivity contribution in [1.29, 1.82) is 0 Å². The van der Waals surface area contributed by atoms with Gasteiger partial charge < -0.3 is 34.5 Å². The lowest BCUT2D eigenvalue weighted by Crippen LogP contribution is -2.50. The summed E-state index contributed by atoms with van der Waals surface area (Å²) in [6.45, 7) is 10.0. The lowest BCUT2D eigenvalue weighted by Gasteiger charge is -2.39. The molecule has 3 saturated heterocycles. The van der Waals surface area contributed by atoms with Crippen molar-refractivity contribution in [3.63, 3.8) is 0 Å². The molecule has 1 saturated carbocycles. The van der Waals surface area contributed by atoms with Crippen LogP contribution in [0.15, 0.2) is 36.0 Å². The Morgan fingerprint density at radius 1 is 1.02 bits per heavy atom. The van der Waals surface area contributed by atoms with Gasteiger partial charge in [-0.2, -0.15) is 0 Å². The first-order valence-electron chi connectivity index (χ1n) is 17.2. The molecule has 0 radical (unpaired) electrons. The molecule has 4 aliphatic rings. The van der Waals surface area contributed by atoms with E-state index in [0.29, 0.717) is 12.5 Å². The summed E-state index contributed by atoms with van der Waals surface area (Å²) in [5.41, 5.74) is 0.983. The SMILES string of the molecule is CC(=O)OC(C)C=CC(=O)NC1CC(C)C(CC=C(C)C=CC2CC3(CO3)CC(CC(=O)NC3CCC(N(C)C)CC3)O2)OC1C. The van der Waals surface area contributed by atoms with E-state index in [1.54, 1.807) is 13.0 Å². The number of hydrogen-bond acceptors (Lipinski definition) is 8. The second-order valence-electron chi connectivity index (χ2n) is 14.3. The monoisotopic (exact) mass is 643 g/mol. The lowest BCUT2D eigenvalue weighted by atomic mass is 9.88. The molecule has 10 nitrogen and oxygen atoms in total. The van der Waals surface area contributed by atoms with Crippen molar-refractivity contribution in [2.45, 2.75) is 147 Å². The predicted octanol–water partition coefficient (Wildman–Crippen LogP) is 4.38. The standard InChI is InChI=1S/C36H57N3O7/c1-23(9-16-33-24(2)18-32(26(4)45-33)38-34(41)17-10-25(3)44-27(5)40)8-15-30-20-36(22-43-36)21-31(46-30)19-35(42)37-28-11-13-29(14-12-28)39(6)7/h8-10,15,17,24-26,28-33H,11-14,16,18-22H2,1-7H3,(H,37,42)(H,38,41). The summed E-state index contributed by atoms with van der Waals surface area (Å²) in [5.74, 6) is -0.257. The van der Waals surface area contributed by atoms with Crippen LogP contribution in [0.2, 0.25) is 0 Å². The molecule has 46 heavy (non-hydrogen) atoms. The van der Waals surface area contributed by atoms with Gasteiger partial charge in [0.15, 0.2) is 0 Å². The highest BCUT2D eigenvalue weighted by Gasteiger charge is 2.51. The van der Waals surface area contributed by atoms with Gasteiger partial charge in [-0.25, -0.2) is 0 Å². The fourth-order valence-corrected chi connectivity index (χ4v) is 7.11. The smallest absolute Gasteiger partial charge is 0.303 e. The highest BCUT2D eigenvalue weighted by atomic mass is 16.6. The van der Waals surface area contributed by atoms with Crippen molar-refractivity contribution in [3.8, 4) is 0 Å². The van der Waals surface area contributed by atoms with Crippen LogP contribution >= 0.6 is 0 Å². The number of carbonyl (C=O) groups excluding carboxylic acids is 3. The Balaban J connectivity index is 1.21. The average Bonchev–Trinajstić information content (AvgIpc) is 3.72. The number of rotatable bonds is 12. The van der Waals surface area contributed by atoms with E-state index in [9.17, 15) is 14.4 Å². The number of epoxide rings is 1. The molecule has 0 aromatic rings. The van der Waals surface area contributed by atoms with Gasteiger partial charge in [-0.15, -0.1) is 0 Å². The van der Waals surface area contributed by atoms with Crippen LogP contribution < -0.4 is 10.6 Å². The third-order valence-corrected chi connectivity index (χ3v) is 9.96. The van der Waals surface area contributed by atoms with Crippen molar-refractivity contribution in [2.75, 3.05) is 20.7 Å². The second kappa shape index (κ2) is 16.5. The largest absolute Gasteiger partial charge is 0.459 e. The van der Waals surface area contributed by atoms with Crippen LogP contribution in [0.1, 0.15) is 92.4 Å². The molecule has 258 valence electrons. The Hall–Kier alpha value is -2.53. The van der Waals surface area contributed by atoms with Crippen molar-refractivity contribution >= 4 is 17.8 Å². The molecule has 1 spiro atoms. The molecule has 2 N–H and O–H groups in total. The Morgan fingerprint density at radius 3 is 2.39 bits per heavy atom. The van der Waals surface area contributed by atoms with Crippen LogP contribution in [0.4, 0.5) is 0 Å². The average molecular weight is 644 g/mol. The Morgan fingerprint density at radius 2 is 1.74 bits per heavy atom. The maximum Gasteiger partial charge on any atom is 0.303 e. The highest BCUT2D eigenvalue weighted by Crippen LogP contribution is 2.43. The molecule has 3 aliphatic heterocycles. The number of nitrogens with zero attached hydrogens (tertiary/aromatic N) is 1. The zero-order chi connectivity index (χ0) is 33.4. The molecule has 2 amide bonds. The van der Waals surface area contributed by atoms with Gasteiger partial charge >= 0.3 is 5.97 Å². The van der Waals surface area contributed by atoms with E-state index < -0.39 is 6.10 Å². The zero-order valence-electron chi connectivity index (χ0n) is 29.0. The van der Waals surface area contributed by atoms with Crippen molar-refractivity contribution in [3.05, 3.63) is 36.0 Å². The van der Waals surface area contributed by atoms with Gasteiger partial charge in [0.25, 0.3) is 0 Å². The van der Waals surface area contributed by atoms with Crippen LogP contribution in [0.3, 0.4) is 0 Å². The summed E-state index contributed by atoms with van der Waals surface area (Å²) in [6.07, 6.45) is 16.5. The van der Waals surface area contributed by atoms with E-state index in [1.165, 1.54) is 13.0 Å². The van der Waals surface area contributed by atoms with E-state index in [-0.39, 0.29) is 65.8 Å². The summed E-state index contributed by atoms with van der Waals surface area (Å²) in [4.78, 5) is 38.7. The first-order valence-corrected chi connectivity index (χ1v) is 17.2. The van der Waals surface area contributed by atoms with Gasteiger partial charge in [-0.1, -0.05) is 30.7 Å². The molecule has 8 unspecified atom stereocenters. The van der Waals surface area contributed by atoms with E-state index in [2.05, 4.69) is 61.7 Å². The molecule has 0 aromatic carbocycles. The molecule has 10 heteroatoms. The van der Waals surface area contributed by atoms with Gasteiger partial charge in [-0.05, 0) is 85.4 Å². The molecular weight excluding hydrogens is 586 g/mol. The minimum atomic E-state index is -0.459. The van der Waals surface area contributed by atoms with Crippen LogP contribution in [-0.2, 0) is 33.3 Å². The molecular formula is C36H57N3O7. The maximum atomic E-state index is 12.9. The molecule has 1 aliphatic carbocycles. The van der Waals surface area contributed by atoms with E-state index >= 15 is 0 Å². The molecule has 3 heterocycles. The third kappa shape index (κ3) is 11.3. The first-order chi connectivity index (χ1) is 21.8. The molecule has 4 rings (SSSR count). The number of hydrogen-bond donors (Lipinski definition) is 2.